The van der Waals surface area contributed by atoms with Gasteiger partial charge in [0.05, 0.1) is 12.2 Å². The number of benzene rings is 2. The van der Waals surface area contributed by atoms with E-state index in [-0.39, 0.29) is 0 Å². The summed E-state index contributed by atoms with van der Waals surface area (Å²) in [7, 11) is 0. The number of rotatable bonds is 9. The van der Waals surface area contributed by atoms with Crippen LogP contribution >= 0.6 is 0 Å². The third kappa shape index (κ3) is 5.33. The van der Waals surface area contributed by atoms with Gasteiger partial charge in [-0.3, -0.25) is 9.69 Å². The molecule has 0 unspecified atom stereocenters. The molecule has 4 nitrogen and oxygen atoms in total. The highest BCUT2D eigenvalue weighted by atomic mass is 16.5. The molecule has 0 atom stereocenters. The smallest absolute Gasteiger partial charge is 0.153 e. The van der Waals surface area contributed by atoms with Crippen molar-refractivity contribution < 1.29 is 9.53 Å². The number of aldehydes is 1. The van der Waals surface area contributed by atoms with Gasteiger partial charge in [0.2, 0.25) is 0 Å². The molecule has 0 saturated carbocycles. The lowest BCUT2D eigenvalue weighted by molar-refractivity contribution is 0.111. The van der Waals surface area contributed by atoms with Crippen LogP contribution in [-0.4, -0.2) is 50.5 Å². The largest absolute Gasteiger partial charge is 0.493 e. The van der Waals surface area contributed by atoms with Gasteiger partial charge in [-0.05, 0) is 50.1 Å². The monoisotopic (exact) mass is 352 g/mol. The van der Waals surface area contributed by atoms with Crippen molar-refractivity contribution in [2.24, 2.45) is 0 Å². The average Bonchev–Trinajstić information content (AvgIpc) is 2.72. The summed E-state index contributed by atoms with van der Waals surface area (Å²) in [6.07, 6.45) is 4.23. The predicted octanol–water partition coefficient (Wildman–Crippen LogP) is 3.87. The van der Waals surface area contributed by atoms with Crippen molar-refractivity contribution in [2.45, 2.75) is 19.3 Å². The number of para-hydroxylation sites is 2. The number of carbonyl (C=O) groups is 1. The van der Waals surface area contributed by atoms with Gasteiger partial charge in [0.15, 0.2) is 6.29 Å². The minimum Gasteiger partial charge on any atom is -0.493 e. The number of carbonyl (C=O) groups excluding carboxylic acids is 1. The molecular formula is C22H28N2O2. The van der Waals surface area contributed by atoms with Crippen LogP contribution in [0, 0.1) is 0 Å². The van der Waals surface area contributed by atoms with Crippen molar-refractivity contribution in [3.63, 3.8) is 0 Å². The summed E-state index contributed by atoms with van der Waals surface area (Å²) in [6, 6.07) is 18.1. The Morgan fingerprint density at radius 2 is 1.58 bits per heavy atom. The summed E-state index contributed by atoms with van der Waals surface area (Å²) >= 11 is 0. The summed E-state index contributed by atoms with van der Waals surface area (Å²) in [5.41, 5.74) is 1.96. The lowest BCUT2D eigenvalue weighted by atomic mass is 10.2. The number of nitrogens with zero attached hydrogens (tertiary/aromatic N) is 2. The molecule has 0 aromatic heterocycles. The van der Waals surface area contributed by atoms with Gasteiger partial charge in [-0.2, -0.15) is 0 Å². The molecule has 4 heteroatoms. The molecule has 0 radical (unpaired) electrons. The van der Waals surface area contributed by atoms with Crippen LogP contribution in [0.3, 0.4) is 0 Å². The molecule has 3 rings (SSSR count). The van der Waals surface area contributed by atoms with E-state index in [2.05, 4.69) is 40.1 Å². The highest BCUT2D eigenvalue weighted by Crippen LogP contribution is 2.17. The van der Waals surface area contributed by atoms with E-state index < -0.39 is 0 Å². The molecule has 1 heterocycles. The molecule has 0 amide bonds. The fourth-order valence-corrected chi connectivity index (χ4v) is 3.37. The SMILES string of the molecule is O=Cc1ccccc1OCCCCCN1CCN(c2ccccc2)CC1. The van der Waals surface area contributed by atoms with Crippen LogP contribution in [0.15, 0.2) is 54.6 Å². The Morgan fingerprint density at radius 1 is 0.846 bits per heavy atom. The van der Waals surface area contributed by atoms with E-state index in [1.165, 1.54) is 12.1 Å². The molecule has 138 valence electrons. The zero-order valence-electron chi connectivity index (χ0n) is 15.3. The van der Waals surface area contributed by atoms with Crippen molar-refractivity contribution in [1.29, 1.82) is 0 Å². The van der Waals surface area contributed by atoms with Crippen LogP contribution in [0.5, 0.6) is 5.75 Å². The molecule has 0 bridgehead atoms. The lowest BCUT2D eigenvalue weighted by Gasteiger charge is -2.36. The van der Waals surface area contributed by atoms with Crippen molar-refractivity contribution in [3.8, 4) is 5.75 Å². The van der Waals surface area contributed by atoms with Gasteiger partial charge in [0.1, 0.15) is 5.75 Å². The fraction of sp³-hybridized carbons (Fsp3) is 0.409. The highest BCUT2D eigenvalue weighted by molar-refractivity contribution is 5.79. The molecule has 0 spiro atoms. The van der Waals surface area contributed by atoms with Crippen LogP contribution in [0.4, 0.5) is 5.69 Å². The van der Waals surface area contributed by atoms with Crippen LogP contribution in [0.25, 0.3) is 0 Å². The Bertz CT molecular complexity index is 667. The molecule has 1 saturated heterocycles. The van der Waals surface area contributed by atoms with Gasteiger partial charge in [0.25, 0.3) is 0 Å². The van der Waals surface area contributed by atoms with E-state index in [1.54, 1.807) is 6.07 Å². The molecule has 1 fully saturated rings. The topological polar surface area (TPSA) is 32.8 Å². The zero-order chi connectivity index (χ0) is 18.0. The van der Waals surface area contributed by atoms with Gasteiger partial charge in [0, 0.05) is 31.9 Å². The second-order valence-electron chi connectivity index (χ2n) is 6.73. The number of anilines is 1. The Balaban J connectivity index is 1.27. The molecule has 2 aromatic rings. The van der Waals surface area contributed by atoms with Gasteiger partial charge in [-0.25, -0.2) is 0 Å². The Morgan fingerprint density at radius 3 is 2.35 bits per heavy atom. The Kier molecular flexibility index (Phi) is 7.08. The molecule has 0 aliphatic carbocycles. The van der Waals surface area contributed by atoms with Crippen molar-refractivity contribution in [2.75, 3.05) is 44.2 Å². The van der Waals surface area contributed by atoms with Crippen LogP contribution < -0.4 is 9.64 Å². The van der Waals surface area contributed by atoms with Crippen molar-refractivity contribution >= 4 is 12.0 Å². The van der Waals surface area contributed by atoms with Crippen LogP contribution in [0.1, 0.15) is 29.6 Å². The number of unbranched alkanes of at least 4 members (excludes halogenated alkanes) is 2. The van der Waals surface area contributed by atoms with E-state index >= 15 is 0 Å². The maximum atomic E-state index is 11.0. The number of hydrogen-bond acceptors (Lipinski definition) is 4. The van der Waals surface area contributed by atoms with E-state index in [9.17, 15) is 4.79 Å². The first-order valence-electron chi connectivity index (χ1n) is 9.56. The Labute approximate surface area is 156 Å². The number of ether oxygens (including phenoxy) is 1. The fourth-order valence-electron chi connectivity index (χ4n) is 3.37. The van der Waals surface area contributed by atoms with E-state index in [0.29, 0.717) is 17.9 Å². The third-order valence-corrected chi connectivity index (χ3v) is 4.92. The van der Waals surface area contributed by atoms with Crippen molar-refractivity contribution in [1.82, 2.24) is 4.90 Å². The molecule has 26 heavy (non-hydrogen) atoms. The lowest BCUT2D eigenvalue weighted by Crippen LogP contribution is -2.46. The first kappa shape index (κ1) is 18.5. The first-order valence-corrected chi connectivity index (χ1v) is 9.56. The first-order chi connectivity index (χ1) is 12.9. The summed E-state index contributed by atoms with van der Waals surface area (Å²) in [6.45, 7) is 6.32. The van der Waals surface area contributed by atoms with Gasteiger partial charge in [-0.15, -0.1) is 0 Å². The maximum absolute atomic E-state index is 11.0. The van der Waals surface area contributed by atoms with Gasteiger partial charge >= 0.3 is 0 Å². The summed E-state index contributed by atoms with van der Waals surface area (Å²) in [5.74, 6) is 0.694. The molecule has 0 N–H and O–H groups in total. The Hall–Kier alpha value is -2.33. The molecule has 1 aliphatic rings. The standard InChI is InChI=1S/C22H28N2O2/c25-19-20-9-5-6-12-22(20)26-18-8-2-7-13-23-14-16-24(17-15-23)21-10-3-1-4-11-21/h1,3-6,9-12,19H,2,7-8,13-18H2. The van der Waals surface area contributed by atoms with E-state index in [4.69, 9.17) is 4.74 Å². The molecule has 2 aromatic carbocycles. The highest BCUT2D eigenvalue weighted by Gasteiger charge is 2.16. The third-order valence-electron chi connectivity index (χ3n) is 4.92. The average molecular weight is 352 g/mol. The quantitative estimate of drug-likeness (QED) is 0.507. The number of piperazine rings is 1. The zero-order valence-corrected chi connectivity index (χ0v) is 15.3. The normalized spacial score (nSPS) is 15.0. The summed E-state index contributed by atoms with van der Waals surface area (Å²) < 4.78 is 5.73. The molecular weight excluding hydrogens is 324 g/mol. The second kappa shape index (κ2) is 9.97. The van der Waals surface area contributed by atoms with Crippen LogP contribution in [0.2, 0.25) is 0 Å². The van der Waals surface area contributed by atoms with E-state index in [1.807, 2.05) is 18.2 Å². The summed E-state index contributed by atoms with van der Waals surface area (Å²) in [4.78, 5) is 16.0. The van der Waals surface area contributed by atoms with Gasteiger partial charge in [-0.1, -0.05) is 30.3 Å². The predicted molar refractivity (Wildman–Crippen MR) is 106 cm³/mol. The van der Waals surface area contributed by atoms with Crippen LogP contribution in [-0.2, 0) is 0 Å². The summed E-state index contributed by atoms with van der Waals surface area (Å²) in [5, 5.41) is 0. The number of hydrogen-bond donors (Lipinski definition) is 0. The maximum Gasteiger partial charge on any atom is 0.153 e. The van der Waals surface area contributed by atoms with Crippen molar-refractivity contribution in [3.05, 3.63) is 60.2 Å². The van der Waals surface area contributed by atoms with Gasteiger partial charge < -0.3 is 9.64 Å². The van der Waals surface area contributed by atoms with E-state index in [0.717, 1.165) is 51.9 Å². The minimum atomic E-state index is 0.629. The molecule has 1 aliphatic heterocycles. The minimum absolute atomic E-state index is 0.629. The second-order valence-corrected chi connectivity index (χ2v) is 6.73.